The molecule has 0 aliphatic rings. The first-order valence-electron chi connectivity index (χ1n) is 3.09. The van der Waals surface area contributed by atoms with Crippen LogP contribution in [0.15, 0.2) is 5.16 Å². The highest BCUT2D eigenvalue weighted by atomic mass is 16.6. The quantitative estimate of drug-likeness (QED) is 0.245. The summed E-state index contributed by atoms with van der Waals surface area (Å²) in [4.78, 5) is 4.64. The maximum atomic E-state index is 4.92. The van der Waals surface area contributed by atoms with Crippen molar-refractivity contribution in [2.75, 3.05) is 6.61 Å². The van der Waals surface area contributed by atoms with E-state index < -0.39 is 0 Å². The molecule has 0 aliphatic carbocycles. The summed E-state index contributed by atoms with van der Waals surface area (Å²) in [7, 11) is 0. The van der Waals surface area contributed by atoms with Crippen molar-refractivity contribution in [3.8, 4) is 12.3 Å². The Morgan fingerprint density at radius 3 is 2.50 bits per heavy atom. The molecule has 0 spiro atoms. The minimum absolute atomic E-state index is 0.0609. The van der Waals surface area contributed by atoms with Gasteiger partial charge in [0, 0.05) is 5.41 Å². The lowest BCUT2D eigenvalue weighted by atomic mass is 10.00. The molecule has 0 aromatic carbocycles. The van der Waals surface area contributed by atoms with Gasteiger partial charge in [0.15, 0.2) is 6.61 Å². The molecule has 0 heterocycles. The fourth-order valence-corrected chi connectivity index (χ4v) is 0.239. The summed E-state index contributed by atoms with van der Waals surface area (Å²) in [6, 6.07) is 0. The first kappa shape index (κ1) is 9.03. The zero-order chi connectivity index (χ0) is 8.04. The molecule has 0 unspecified atom stereocenters. The van der Waals surface area contributed by atoms with Gasteiger partial charge >= 0.3 is 0 Å². The number of hydrogen-bond donors (Lipinski definition) is 0. The van der Waals surface area contributed by atoms with Crippen LogP contribution in [0, 0.1) is 17.8 Å². The van der Waals surface area contributed by atoms with Gasteiger partial charge in [0.05, 0.1) is 0 Å². The second-order valence-electron chi connectivity index (χ2n) is 2.93. The molecular weight excluding hydrogens is 126 g/mol. The molecule has 0 aromatic rings. The smallest absolute Gasteiger partial charge is 0.177 e. The Morgan fingerprint density at radius 2 is 2.10 bits per heavy atom. The van der Waals surface area contributed by atoms with Crippen molar-refractivity contribution in [3.05, 3.63) is 0 Å². The predicted octanol–water partition coefficient (Wildman–Crippen LogP) is 1.55. The SMILES string of the molecule is C#CCO/N=[C]/C(C)(C)C. The van der Waals surface area contributed by atoms with Crippen molar-refractivity contribution in [2.24, 2.45) is 10.6 Å². The summed E-state index contributed by atoms with van der Waals surface area (Å²) in [5.41, 5.74) is -0.0609. The molecule has 10 heavy (non-hydrogen) atoms. The third-order valence-electron chi connectivity index (χ3n) is 0.593. The second kappa shape index (κ2) is 3.94. The molecule has 55 valence electrons. The molecule has 0 fully saturated rings. The van der Waals surface area contributed by atoms with Crippen molar-refractivity contribution in [3.63, 3.8) is 0 Å². The molecule has 0 aromatic heterocycles. The molecule has 1 radical (unpaired) electrons. The van der Waals surface area contributed by atoms with E-state index >= 15 is 0 Å². The van der Waals surface area contributed by atoms with Gasteiger partial charge in [0.1, 0.15) is 6.21 Å². The molecule has 0 amide bonds. The van der Waals surface area contributed by atoms with E-state index in [-0.39, 0.29) is 12.0 Å². The van der Waals surface area contributed by atoms with Crippen LogP contribution in [0.3, 0.4) is 0 Å². The summed E-state index contributed by atoms with van der Waals surface area (Å²) in [6.07, 6.45) is 7.68. The highest BCUT2D eigenvalue weighted by Gasteiger charge is 2.05. The Bertz CT molecular complexity index is 148. The largest absolute Gasteiger partial charge is 0.382 e. The third kappa shape index (κ3) is 7.03. The summed E-state index contributed by atoms with van der Waals surface area (Å²) in [5, 5.41) is 3.54. The lowest BCUT2D eigenvalue weighted by Gasteiger charge is -2.07. The van der Waals surface area contributed by atoms with Crippen molar-refractivity contribution in [1.82, 2.24) is 0 Å². The average molecular weight is 138 g/mol. The standard InChI is InChI=1S/C8H12NO/c1-5-6-10-9-7-8(2,3)4/h1H,6H2,2-4H3. The number of rotatable bonds is 2. The first-order chi connectivity index (χ1) is 4.56. The van der Waals surface area contributed by atoms with Crippen LogP contribution in [0.25, 0.3) is 0 Å². The van der Waals surface area contributed by atoms with Gasteiger partial charge in [0.2, 0.25) is 0 Å². The topological polar surface area (TPSA) is 21.6 Å². The Morgan fingerprint density at radius 1 is 1.50 bits per heavy atom. The lowest BCUT2D eigenvalue weighted by Crippen LogP contribution is -2.06. The van der Waals surface area contributed by atoms with Crippen molar-refractivity contribution in [2.45, 2.75) is 20.8 Å². The number of nitrogens with zero attached hydrogens (tertiary/aromatic N) is 1. The molecule has 0 saturated heterocycles. The Kier molecular flexibility index (Phi) is 3.56. The van der Waals surface area contributed by atoms with E-state index in [0.717, 1.165) is 0 Å². The summed E-state index contributed by atoms with van der Waals surface area (Å²) in [5.74, 6) is 2.30. The number of terminal acetylenes is 1. The van der Waals surface area contributed by atoms with Gasteiger partial charge in [0.25, 0.3) is 0 Å². The van der Waals surface area contributed by atoms with Gasteiger partial charge in [-0.05, 0) is 0 Å². The third-order valence-corrected chi connectivity index (χ3v) is 0.593. The lowest BCUT2D eigenvalue weighted by molar-refractivity contribution is 0.178. The molecule has 0 aliphatic heterocycles. The molecule has 0 atom stereocenters. The first-order valence-corrected chi connectivity index (χ1v) is 3.09. The minimum Gasteiger partial charge on any atom is -0.382 e. The van der Waals surface area contributed by atoms with Crippen LogP contribution in [0.1, 0.15) is 20.8 Å². The monoisotopic (exact) mass is 138 g/mol. The van der Waals surface area contributed by atoms with E-state index in [0.29, 0.717) is 0 Å². The van der Waals surface area contributed by atoms with E-state index in [1.165, 1.54) is 0 Å². The van der Waals surface area contributed by atoms with Crippen molar-refractivity contribution in [1.29, 1.82) is 0 Å². The average Bonchev–Trinajstić information content (AvgIpc) is 1.78. The maximum absolute atomic E-state index is 4.92. The van der Waals surface area contributed by atoms with Crippen LogP contribution in [0.5, 0.6) is 0 Å². The van der Waals surface area contributed by atoms with E-state index in [4.69, 9.17) is 6.42 Å². The zero-order valence-corrected chi connectivity index (χ0v) is 6.64. The minimum atomic E-state index is -0.0609. The Balaban J connectivity index is 3.49. The van der Waals surface area contributed by atoms with Gasteiger partial charge in [-0.2, -0.15) is 0 Å². The summed E-state index contributed by atoms with van der Waals surface area (Å²) >= 11 is 0. The van der Waals surface area contributed by atoms with E-state index in [1.807, 2.05) is 20.8 Å². The van der Waals surface area contributed by atoms with Gasteiger partial charge in [-0.1, -0.05) is 31.8 Å². The van der Waals surface area contributed by atoms with Crippen LogP contribution in [-0.2, 0) is 4.84 Å². The molecule has 0 saturated carbocycles. The zero-order valence-electron chi connectivity index (χ0n) is 6.64. The predicted molar refractivity (Wildman–Crippen MR) is 41.7 cm³/mol. The Labute approximate surface area is 62.3 Å². The van der Waals surface area contributed by atoms with Crippen LogP contribution >= 0.6 is 0 Å². The van der Waals surface area contributed by atoms with Crippen molar-refractivity contribution >= 4 is 6.21 Å². The molecular formula is C8H12NO. The molecule has 0 N–H and O–H groups in total. The van der Waals surface area contributed by atoms with Crippen molar-refractivity contribution < 1.29 is 4.84 Å². The van der Waals surface area contributed by atoms with Crippen LogP contribution < -0.4 is 0 Å². The van der Waals surface area contributed by atoms with Crippen LogP contribution in [0.4, 0.5) is 0 Å². The second-order valence-corrected chi connectivity index (χ2v) is 2.93. The normalized spacial score (nSPS) is 11.4. The van der Waals surface area contributed by atoms with Crippen LogP contribution in [0.2, 0.25) is 0 Å². The van der Waals surface area contributed by atoms with Crippen LogP contribution in [-0.4, -0.2) is 12.8 Å². The molecule has 0 rings (SSSR count). The highest BCUT2D eigenvalue weighted by Crippen LogP contribution is 2.07. The Hall–Kier alpha value is -0.970. The summed E-state index contributed by atoms with van der Waals surface area (Å²) in [6.45, 7) is 6.16. The molecule has 0 bridgehead atoms. The maximum Gasteiger partial charge on any atom is 0.177 e. The van der Waals surface area contributed by atoms with Gasteiger partial charge in [-0.3, -0.25) is 0 Å². The van der Waals surface area contributed by atoms with E-state index in [9.17, 15) is 0 Å². The van der Waals surface area contributed by atoms with Gasteiger partial charge in [-0.15, -0.1) is 6.42 Å². The fourth-order valence-electron chi connectivity index (χ4n) is 0.239. The van der Waals surface area contributed by atoms with Gasteiger partial charge in [-0.25, -0.2) is 0 Å². The fraction of sp³-hybridized carbons (Fsp3) is 0.625. The van der Waals surface area contributed by atoms with E-state index in [1.54, 1.807) is 0 Å². The van der Waals surface area contributed by atoms with E-state index in [2.05, 4.69) is 22.1 Å². The number of hydrogen-bond acceptors (Lipinski definition) is 2. The molecule has 2 heteroatoms. The summed E-state index contributed by atoms with van der Waals surface area (Å²) < 4.78 is 0. The van der Waals surface area contributed by atoms with Gasteiger partial charge < -0.3 is 4.84 Å². The molecule has 2 nitrogen and oxygen atoms in total. The highest BCUT2D eigenvalue weighted by molar-refractivity contribution is 5.63.